The van der Waals surface area contributed by atoms with Gasteiger partial charge in [0.15, 0.2) is 0 Å². The standard InChI is InChI=1S/C22H21N/c1-13-5-7-18-19-12-17(6-8-20(19)23-21(18)11-13)22-15(3)9-14(2)10-16(22)4/h5-12,23H,1-4H3. The lowest BCUT2D eigenvalue weighted by Crippen LogP contribution is -1.90. The SMILES string of the molecule is Cc1cc(C)c(-c2ccc3[nH]c4cc(C)ccc4c3c2)c(C)c1. The number of benzene rings is 3. The van der Waals surface area contributed by atoms with Gasteiger partial charge in [-0.3, -0.25) is 0 Å². The number of fused-ring (bicyclic) bond motifs is 3. The number of hydrogen-bond donors (Lipinski definition) is 1. The summed E-state index contributed by atoms with van der Waals surface area (Å²) in [7, 11) is 0. The fourth-order valence-electron chi connectivity index (χ4n) is 3.81. The van der Waals surface area contributed by atoms with Crippen molar-refractivity contribution in [3.8, 4) is 11.1 Å². The van der Waals surface area contributed by atoms with E-state index in [4.69, 9.17) is 0 Å². The molecule has 1 N–H and O–H groups in total. The Morgan fingerprint density at radius 3 is 2.09 bits per heavy atom. The summed E-state index contributed by atoms with van der Waals surface area (Å²) >= 11 is 0. The zero-order valence-electron chi connectivity index (χ0n) is 14.1. The Balaban J connectivity index is 2.01. The minimum Gasteiger partial charge on any atom is -0.355 e. The lowest BCUT2D eigenvalue weighted by atomic mass is 9.93. The molecule has 0 atom stereocenters. The van der Waals surface area contributed by atoms with E-state index >= 15 is 0 Å². The summed E-state index contributed by atoms with van der Waals surface area (Å²) in [5.74, 6) is 0. The number of hydrogen-bond acceptors (Lipinski definition) is 0. The molecule has 0 bridgehead atoms. The van der Waals surface area contributed by atoms with Gasteiger partial charge in [0.25, 0.3) is 0 Å². The Labute approximate surface area is 137 Å². The van der Waals surface area contributed by atoms with E-state index < -0.39 is 0 Å². The molecule has 1 aromatic heterocycles. The van der Waals surface area contributed by atoms with Gasteiger partial charge in [0, 0.05) is 21.8 Å². The van der Waals surface area contributed by atoms with Crippen molar-refractivity contribution in [2.45, 2.75) is 27.7 Å². The Kier molecular flexibility index (Phi) is 3.05. The van der Waals surface area contributed by atoms with E-state index in [0.29, 0.717) is 0 Å². The third-order valence-electron chi connectivity index (χ3n) is 4.72. The largest absolute Gasteiger partial charge is 0.355 e. The maximum atomic E-state index is 3.54. The van der Waals surface area contributed by atoms with Crippen LogP contribution in [-0.2, 0) is 0 Å². The predicted molar refractivity (Wildman–Crippen MR) is 100 cm³/mol. The molecule has 0 aliphatic rings. The number of aromatic nitrogens is 1. The van der Waals surface area contributed by atoms with Crippen LogP contribution in [0.5, 0.6) is 0 Å². The number of nitrogens with one attached hydrogen (secondary N) is 1. The molecule has 0 aliphatic heterocycles. The number of aryl methyl sites for hydroxylation is 4. The van der Waals surface area contributed by atoms with Crippen molar-refractivity contribution in [1.82, 2.24) is 4.98 Å². The lowest BCUT2D eigenvalue weighted by Gasteiger charge is -2.12. The van der Waals surface area contributed by atoms with E-state index in [1.807, 2.05) is 0 Å². The Morgan fingerprint density at radius 2 is 1.35 bits per heavy atom. The predicted octanol–water partition coefficient (Wildman–Crippen LogP) is 6.22. The molecule has 0 amide bonds. The van der Waals surface area contributed by atoms with Gasteiger partial charge < -0.3 is 4.98 Å². The Bertz CT molecular complexity index is 1030. The van der Waals surface area contributed by atoms with E-state index in [-0.39, 0.29) is 0 Å². The van der Waals surface area contributed by atoms with E-state index in [0.717, 1.165) is 0 Å². The first-order chi connectivity index (χ1) is 11.0. The average Bonchev–Trinajstić information content (AvgIpc) is 2.83. The molecule has 0 saturated carbocycles. The highest BCUT2D eigenvalue weighted by Gasteiger charge is 2.10. The smallest absolute Gasteiger partial charge is 0.0467 e. The van der Waals surface area contributed by atoms with Gasteiger partial charge in [-0.15, -0.1) is 0 Å². The van der Waals surface area contributed by atoms with Gasteiger partial charge in [0.1, 0.15) is 0 Å². The van der Waals surface area contributed by atoms with Crippen LogP contribution in [0.4, 0.5) is 0 Å². The second-order valence-corrected chi connectivity index (χ2v) is 6.71. The molecule has 0 radical (unpaired) electrons. The third kappa shape index (κ3) is 2.24. The summed E-state index contributed by atoms with van der Waals surface area (Å²) in [4.78, 5) is 3.54. The minimum atomic E-state index is 1.21. The molecule has 114 valence electrons. The second kappa shape index (κ2) is 4.99. The normalized spacial score (nSPS) is 11.5. The van der Waals surface area contributed by atoms with Crippen molar-refractivity contribution >= 4 is 21.8 Å². The summed E-state index contributed by atoms with van der Waals surface area (Å²) < 4.78 is 0. The highest BCUT2D eigenvalue weighted by atomic mass is 14.7. The molecule has 1 nitrogen and oxygen atoms in total. The molecule has 0 unspecified atom stereocenters. The van der Waals surface area contributed by atoms with Crippen molar-refractivity contribution < 1.29 is 0 Å². The summed E-state index contributed by atoms with van der Waals surface area (Å²) in [5.41, 5.74) is 10.4. The number of rotatable bonds is 1. The second-order valence-electron chi connectivity index (χ2n) is 6.71. The fraction of sp³-hybridized carbons (Fsp3) is 0.182. The van der Waals surface area contributed by atoms with Crippen LogP contribution in [0.25, 0.3) is 32.9 Å². The van der Waals surface area contributed by atoms with Gasteiger partial charge >= 0.3 is 0 Å². The minimum absolute atomic E-state index is 1.21. The van der Waals surface area contributed by atoms with Crippen molar-refractivity contribution in [2.24, 2.45) is 0 Å². The van der Waals surface area contributed by atoms with Crippen molar-refractivity contribution in [1.29, 1.82) is 0 Å². The number of aromatic amines is 1. The van der Waals surface area contributed by atoms with Crippen molar-refractivity contribution in [3.63, 3.8) is 0 Å². The summed E-state index contributed by atoms with van der Waals surface area (Å²) in [5, 5.41) is 2.60. The molecule has 4 aromatic rings. The molecule has 0 fully saturated rings. The van der Waals surface area contributed by atoms with Gasteiger partial charge in [-0.05, 0) is 73.7 Å². The lowest BCUT2D eigenvalue weighted by molar-refractivity contribution is 1.32. The van der Waals surface area contributed by atoms with Crippen LogP contribution in [-0.4, -0.2) is 4.98 Å². The van der Waals surface area contributed by atoms with E-state index in [2.05, 4.69) is 81.2 Å². The maximum Gasteiger partial charge on any atom is 0.0467 e. The van der Waals surface area contributed by atoms with E-state index in [1.54, 1.807) is 0 Å². The first-order valence-electron chi connectivity index (χ1n) is 8.13. The molecule has 1 heteroatoms. The van der Waals surface area contributed by atoms with Crippen LogP contribution < -0.4 is 0 Å². The molecule has 4 rings (SSSR count). The van der Waals surface area contributed by atoms with Crippen LogP contribution in [0.2, 0.25) is 0 Å². The summed E-state index contributed by atoms with van der Waals surface area (Å²) in [6, 6.07) is 17.9. The first-order valence-corrected chi connectivity index (χ1v) is 8.13. The topological polar surface area (TPSA) is 15.8 Å². The first kappa shape index (κ1) is 14.1. The van der Waals surface area contributed by atoms with E-state index in [1.165, 1.54) is 55.2 Å². The molecule has 0 saturated heterocycles. The van der Waals surface area contributed by atoms with Crippen LogP contribution >= 0.6 is 0 Å². The highest BCUT2D eigenvalue weighted by molar-refractivity contribution is 6.08. The molecule has 3 aromatic carbocycles. The zero-order valence-corrected chi connectivity index (χ0v) is 14.1. The van der Waals surface area contributed by atoms with Gasteiger partial charge in [0.2, 0.25) is 0 Å². The Morgan fingerprint density at radius 1 is 0.609 bits per heavy atom. The monoisotopic (exact) mass is 299 g/mol. The molecular formula is C22H21N. The maximum absolute atomic E-state index is 3.54. The summed E-state index contributed by atoms with van der Waals surface area (Å²) in [6.07, 6.45) is 0. The number of H-pyrrole nitrogens is 1. The van der Waals surface area contributed by atoms with Crippen molar-refractivity contribution in [3.05, 3.63) is 70.8 Å². The zero-order chi connectivity index (χ0) is 16.1. The summed E-state index contributed by atoms with van der Waals surface area (Å²) in [6.45, 7) is 8.71. The fourth-order valence-corrected chi connectivity index (χ4v) is 3.81. The third-order valence-corrected chi connectivity index (χ3v) is 4.72. The van der Waals surface area contributed by atoms with E-state index in [9.17, 15) is 0 Å². The molecule has 23 heavy (non-hydrogen) atoms. The molecular weight excluding hydrogens is 278 g/mol. The van der Waals surface area contributed by atoms with Crippen molar-refractivity contribution in [2.75, 3.05) is 0 Å². The molecule has 0 aliphatic carbocycles. The van der Waals surface area contributed by atoms with Gasteiger partial charge in [-0.25, -0.2) is 0 Å². The van der Waals surface area contributed by atoms with Crippen LogP contribution in [0, 0.1) is 27.7 Å². The Hall–Kier alpha value is -2.54. The molecule has 0 spiro atoms. The quantitative estimate of drug-likeness (QED) is 0.429. The van der Waals surface area contributed by atoms with Crippen LogP contribution in [0.3, 0.4) is 0 Å². The average molecular weight is 299 g/mol. The van der Waals surface area contributed by atoms with Gasteiger partial charge in [0.05, 0.1) is 0 Å². The van der Waals surface area contributed by atoms with Gasteiger partial charge in [-0.2, -0.15) is 0 Å². The van der Waals surface area contributed by atoms with Gasteiger partial charge in [-0.1, -0.05) is 35.9 Å². The van der Waals surface area contributed by atoms with Crippen LogP contribution in [0.1, 0.15) is 22.3 Å². The molecule has 1 heterocycles. The van der Waals surface area contributed by atoms with Crippen LogP contribution in [0.15, 0.2) is 48.5 Å². The highest BCUT2D eigenvalue weighted by Crippen LogP contribution is 2.33.